The molecular weight excluding hydrogens is 205 g/mol. The van der Waals surface area contributed by atoms with Crippen LogP contribution in [-0.2, 0) is 0 Å². The lowest BCUT2D eigenvalue weighted by Gasteiger charge is -1.98. The molecule has 0 aliphatic rings. The first-order valence-electron chi connectivity index (χ1n) is 2.78. The number of nitrogens with two attached hydrogens (primary N) is 1. The summed E-state index contributed by atoms with van der Waals surface area (Å²) in [6.07, 6.45) is 0.962. The minimum absolute atomic E-state index is 0.0210. The molecule has 0 unspecified atom stereocenters. The zero-order chi connectivity index (χ0) is 9.30. The van der Waals surface area contributed by atoms with Crippen molar-refractivity contribution in [1.29, 1.82) is 0 Å². The van der Waals surface area contributed by atoms with Crippen LogP contribution in [0.3, 0.4) is 0 Å². The van der Waals surface area contributed by atoms with Gasteiger partial charge in [0.2, 0.25) is 0 Å². The van der Waals surface area contributed by atoms with E-state index in [-0.39, 0.29) is 21.6 Å². The zero-order valence-electron chi connectivity index (χ0n) is 5.62. The predicted molar refractivity (Wildman–Crippen MR) is 45.3 cm³/mol. The fourth-order valence-corrected chi connectivity index (χ4v) is 0.956. The van der Waals surface area contributed by atoms with E-state index in [1.807, 2.05) is 0 Å². The van der Waals surface area contributed by atoms with E-state index in [1.54, 1.807) is 0 Å². The number of nitrogen functional groups attached to an aromatic ring is 1. The van der Waals surface area contributed by atoms with Crippen LogP contribution in [0.1, 0.15) is 0 Å². The third-order valence-electron chi connectivity index (χ3n) is 1.17. The molecule has 64 valence electrons. The lowest BCUT2D eigenvalue weighted by atomic mass is 10.4. The smallest absolute Gasteiger partial charge is 0.307 e. The van der Waals surface area contributed by atoms with E-state index in [0.29, 0.717) is 0 Å². The Hall–Kier alpha value is -1.07. The lowest BCUT2D eigenvalue weighted by molar-refractivity contribution is -0.385. The van der Waals surface area contributed by atoms with Crippen LogP contribution in [0.2, 0.25) is 10.0 Å². The molecule has 0 aliphatic carbocycles. The van der Waals surface area contributed by atoms with Crippen molar-refractivity contribution in [2.24, 2.45) is 0 Å². The van der Waals surface area contributed by atoms with Gasteiger partial charge < -0.3 is 5.73 Å². The number of rotatable bonds is 1. The Balaban J connectivity index is 3.36. The molecular formula is C5H3Cl2N3O2. The van der Waals surface area contributed by atoms with E-state index in [1.165, 1.54) is 0 Å². The number of aromatic nitrogens is 1. The highest BCUT2D eigenvalue weighted by molar-refractivity contribution is 6.44. The summed E-state index contributed by atoms with van der Waals surface area (Å²) in [5.41, 5.74) is 4.89. The maximum Gasteiger partial charge on any atom is 0.307 e. The van der Waals surface area contributed by atoms with Gasteiger partial charge >= 0.3 is 5.69 Å². The number of nitrogens with zero attached hydrogens (tertiary/aromatic N) is 2. The molecule has 0 fully saturated rings. The van der Waals surface area contributed by atoms with Crippen LogP contribution in [-0.4, -0.2) is 9.91 Å². The van der Waals surface area contributed by atoms with Gasteiger partial charge in [0.1, 0.15) is 22.1 Å². The SMILES string of the molecule is Nc1ncc([N+](=O)[O-])c(Cl)c1Cl. The molecule has 0 aliphatic heterocycles. The van der Waals surface area contributed by atoms with Crippen LogP contribution in [0.5, 0.6) is 0 Å². The summed E-state index contributed by atoms with van der Waals surface area (Å²) >= 11 is 11.0. The Morgan fingerprint density at radius 3 is 2.58 bits per heavy atom. The molecule has 0 bridgehead atoms. The molecule has 5 nitrogen and oxygen atoms in total. The molecule has 2 N–H and O–H groups in total. The van der Waals surface area contributed by atoms with Crippen molar-refractivity contribution in [3.05, 3.63) is 26.4 Å². The zero-order valence-corrected chi connectivity index (χ0v) is 7.13. The Kier molecular flexibility index (Phi) is 2.35. The van der Waals surface area contributed by atoms with Crippen LogP contribution in [0.25, 0.3) is 0 Å². The normalized spacial score (nSPS) is 9.83. The predicted octanol–water partition coefficient (Wildman–Crippen LogP) is 1.88. The van der Waals surface area contributed by atoms with E-state index >= 15 is 0 Å². The number of nitro groups is 1. The molecule has 0 saturated heterocycles. The average molecular weight is 208 g/mol. The van der Waals surface area contributed by atoms with E-state index in [9.17, 15) is 10.1 Å². The second kappa shape index (κ2) is 3.12. The van der Waals surface area contributed by atoms with Crippen molar-refractivity contribution in [3.63, 3.8) is 0 Å². The molecule has 0 spiro atoms. The highest BCUT2D eigenvalue weighted by Gasteiger charge is 2.17. The van der Waals surface area contributed by atoms with Crippen molar-refractivity contribution >= 4 is 34.7 Å². The molecule has 12 heavy (non-hydrogen) atoms. The van der Waals surface area contributed by atoms with Gasteiger partial charge in [-0.3, -0.25) is 10.1 Å². The molecule has 1 rings (SSSR count). The number of anilines is 1. The second-order valence-corrected chi connectivity index (χ2v) is 2.67. The summed E-state index contributed by atoms with van der Waals surface area (Å²) in [7, 11) is 0. The van der Waals surface area contributed by atoms with Crippen molar-refractivity contribution in [2.75, 3.05) is 5.73 Å². The van der Waals surface area contributed by atoms with Crippen LogP contribution in [0.4, 0.5) is 11.5 Å². The fourth-order valence-electron chi connectivity index (χ4n) is 0.596. The molecule has 0 aromatic carbocycles. The Morgan fingerprint density at radius 1 is 1.50 bits per heavy atom. The van der Waals surface area contributed by atoms with E-state index in [4.69, 9.17) is 28.9 Å². The van der Waals surface area contributed by atoms with E-state index in [0.717, 1.165) is 6.20 Å². The van der Waals surface area contributed by atoms with Crippen molar-refractivity contribution in [3.8, 4) is 0 Å². The molecule has 1 aromatic heterocycles. The molecule has 0 amide bonds. The number of hydrogen-bond donors (Lipinski definition) is 1. The second-order valence-electron chi connectivity index (χ2n) is 1.91. The lowest BCUT2D eigenvalue weighted by Crippen LogP contribution is -1.96. The van der Waals surface area contributed by atoms with Crippen molar-refractivity contribution in [2.45, 2.75) is 0 Å². The molecule has 0 saturated carbocycles. The summed E-state index contributed by atoms with van der Waals surface area (Å²) in [5, 5.41) is 9.99. The molecule has 0 radical (unpaired) electrons. The number of pyridine rings is 1. The number of halogens is 2. The molecule has 0 atom stereocenters. The first kappa shape index (κ1) is 9.02. The minimum atomic E-state index is -0.680. The largest absolute Gasteiger partial charge is 0.382 e. The summed E-state index contributed by atoms with van der Waals surface area (Å²) in [4.78, 5) is 13.1. The minimum Gasteiger partial charge on any atom is -0.382 e. The Bertz CT molecular complexity index is 342. The van der Waals surface area contributed by atoms with Crippen LogP contribution in [0.15, 0.2) is 6.20 Å². The summed E-state index contributed by atoms with van der Waals surface area (Å²) in [6, 6.07) is 0. The van der Waals surface area contributed by atoms with Crippen LogP contribution < -0.4 is 5.73 Å². The third kappa shape index (κ3) is 1.41. The Labute approximate surface area is 77.3 Å². The van der Waals surface area contributed by atoms with E-state index < -0.39 is 4.92 Å². The van der Waals surface area contributed by atoms with Gasteiger partial charge in [-0.1, -0.05) is 23.2 Å². The average Bonchev–Trinajstić information content (AvgIpc) is 2.00. The van der Waals surface area contributed by atoms with Crippen molar-refractivity contribution in [1.82, 2.24) is 4.98 Å². The van der Waals surface area contributed by atoms with Gasteiger partial charge in [-0.15, -0.1) is 0 Å². The quantitative estimate of drug-likeness (QED) is 0.564. The monoisotopic (exact) mass is 207 g/mol. The van der Waals surface area contributed by atoms with Crippen molar-refractivity contribution < 1.29 is 4.92 Å². The van der Waals surface area contributed by atoms with Crippen LogP contribution >= 0.6 is 23.2 Å². The molecule has 1 heterocycles. The topological polar surface area (TPSA) is 82.0 Å². The van der Waals surface area contributed by atoms with Gasteiger partial charge in [0.05, 0.1) is 4.92 Å². The summed E-state index contributed by atoms with van der Waals surface area (Å²) < 4.78 is 0. The third-order valence-corrected chi connectivity index (χ3v) is 2.03. The highest BCUT2D eigenvalue weighted by Crippen LogP contribution is 2.33. The fraction of sp³-hybridized carbons (Fsp3) is 0. The summed E-state index contributed by atoms with van der Waals surface area (Å²) in [6.45, 7) is 0. The molecule has 1 aromatic rings. The van der Waals surface area contributed by atoms with Gasteiger partial charge in [0.25, 0.3) is 0 Å². The summed E-state index contributed by atoms with van der Waals surface area (Å²) in [5.74, 6) is -0.0210. The standard InChI is InChI=1S/C5H3Cl2N3O2/c6-3-2(10(11)12)1-9-5(8)4(3)7/h1H,(H2,8,9). The highest BCUT2D eigenvalue weighted by atomic mass is 35.5. The maximum atomic E-state index is 10.3. The van der Waals surface area contributed by atoms with Gasteiger partial charge in [-0.05, 0) is 0 Å². The van der Waals surface area contributed by atoms with E-state index in [2.05, 4.69) is 4.98 Å². The molecule has 7 heteroatoms. The van der Waals surface area contributed by atoms with Gasteiger partial charge in [-0.2, -0.15) is 0 Å². The maximum absolute atomic E-state index is 10.3. The van der Waals surface area contributed by atoms with Gasteiger partial charge in [0, 0.05) is 0 Å². The Morgan fingerprint density at radius 2 is 2.08 bits per heavy atom. The first-order chi connectivity index (χ1) is 5.54. The first-order valence-corrected chi connectivity index (χ1v) is 3.53. The van der Waals surface area contributed by atoms with Gasteiger partial charge in [-0.25, -0.2) is 4.98 Å². The van der Waals surface area contributed by atoms with Crippen LogP contribution in [0, 0.1) is 10.1 Å². The number of hydrogen-bond acceptors (Lipinski definition) is 4. The van der Waals surface area contributed by atoms with Gasteiger partial charge in [0.15, 0.2) is 0 Å².